The number of ether oxygens (including phenoxy) is 3. The Kier molecular flexibility index (Phi) is 8.00. The first-order valence-electron chi connectivity index (χ1n) is 12.1. The number of carbonyl (C=O) groups is 1. The van der Waals surface area contributed by atoms with Crippen LogP contribution in [0.15, 0.2) is 65.7 Å². The molecule has 38 heavy (non-hydrogen) atoms. The molecule has 0 aliphatic carbocycles. The highest BCUT2D eigenvalue weighted by Gasteiger charge is 2.22. The van der Waals surface area contributed by atoms with Gasteiger partial charge >= 0.3 is 5.97 Å². The monoisotopic (exact) mass is 553 g/mol. The molecule has 2 heterocycles. The van der Waals surface area contributed by atoms with Crippen LogP contribution in [0.5, 0.6) is 11.5 Å². The van der Waals surface area contributed by atoms with Crippen molar-refractivity contribution in [2.45, 2.75) is 37.3 Å². The quantitative estimate of drug-likeness (QED) is 0.146. The molecule has 0 amide bonds. The summed E-state index contributed by atoms with van der Waals surface area (Å²) in [6.45, 7) is 7.74. The van der Waals surface area contributed by atoms with Crippen LogP contribution >= 0.6 is 0 Å². The lowest BCUT2D eigenvalue weighted by molar-refractivity contribution is 0.0598. The van der Waals surface area contributed by atoms with E-state index in [1.54, 1.807) is 18.3 Å². The number of esters is 1. The van der Waals surface area contributed by atoms with Gasteiger partial charge < -0.3 is 14.2 Å². The maximum atomic E-state index is 12.7. The van der Waals surface area contributed by atoms with E-state index in [1.807, 2.05) is 22.8 Å². The third kappa shape index (κ3) is 6.47. The normalized spacial score (nSPS) is 12.0. The van der Waals surface area contributed by atoms with Crippen LogP contribution in [0.25, 0.3) is 22.6 Å². The average Bonchev–Trinajstić information content (AvgIpc) is 3.23. The Balaban J connectivity index is 1.79. The maximum absolute atomic E-state index is 12.7. The summed E-state index contributed by atoms with van der Waals surface area (Å²) in [4.78, 5) is 22.1. The molecule has 0 saturated heterocycles. The number of pyridine rings is 1. The third-order valence-electron chi connectivity index (χ3n) is 5.85. The number of hydrogen-bond acceptors (Lipinski definition) is 8. The van der Waals surface area contributed by atoms with Gasteiger partial charge in [-0.3, -0.25) is 9.55 Å². The molecule has 2 aromatic carbocycles. The first-order valence-corrected chi connectivity index (χ1v) is 17.7. The van der Waals surface area contributed by atoms with E-state index in [2.05, 4.69) is 24.6 Å². The van der Waals surface area contributed by atoms with Crippen LogP contribution in [0, 0.1) is 0 Å². The van der Waals surface area contributed by atoms with E-state index in [-0.39, 0.29) is 22.9 Å². The van der Waals surface area contributed by atoms with Crippen LogP contribution < -0.4 is 4.74 Å². The lowest BCUT2D eigenvalue weighted by Gasteiger charge is -2.16. The molecule has 0 N–H and O–H groups in total. The number of benzene rings is 2. The van der Waals surface area contributed by atoms with Crippen molar-refractivity contribution >= 4 is 34.9 Å². The second-order valence-corrected chi connectivity index (χ2v) is 17.7. The molecule has 0 unspecified atom stereocenters. The topological polar surface area (TPSA) is 110 Å². The van der Waals surface area contributed by atoms with Gasteiger partial charge in [-0.15, -0.1) is 0 Å². The number of fused-ring (bicyclic) bond motifs is 1. The Hall–Kier alpha value is -3.54. The van der Waals surface area contributed by atoms with Crippen molar-refractivity contribution in [2.24, 2.45) is 0 Å². The Morgan fingerprint density at radius 3 is 2.39 bits per heavy atom. The molecule has 200 valence electrons. The van der Waals surface area contributed by atoms with Crippen molar-refractivity contribution < 1.29 is 27.4 Å². The minimum absolute atomic E-state index is 0.169. The molecule has 0 aliphatic rings. The molecule has 0 atom stereocenters. The van der Waals surface area contributed by atoms with E-state index >= 15 is 0 Å². The van der Waals surface area contributed by atoms with Gasteiger partial charge in [0.05, 0.1) is 23.0 Å². The zero-order valence-corrected chi connectivity index (χ0v) is 23.9. The van der Waals surface area contributed by atoms with E-state index in [1.165, 1.54) is 31.4 Å². The number of imidazole rings is 1. The van der Waals surface area contributed by atoms with Gasteiger partial charge in [0.15, 0.2) is 15.7 Å². The van der Waals surface area contributed by atoms with Gasteiger partial charge in [-0.25, -0.2) is 18.2 Å². The molecule has 0 radical (unpaired) electrons. The summed E-state index contributed by atoms with van der Waals surface area (Å²) >= 11 is 0. The van der Waals surface area contributed by atoms with Crippen molar-refractivity contribution in [3.63, 3.8) is 0 Å². The number of aromatic nitrogens is 3. The Labute approximate surface area is 223 Å². The fourth-order valence-electron chi connectivity index (χ4n) is 3.74. The van der Waals surface area contributed by atoms with Crippen LogP contribution in [-0.4, -0.2) is 57.0 Å². The minimum atomic E-state index is -3.36. The smallest absolute Gasteiger partial charge is 0.341 e. The highest BCUT2D eigenvalue weighted by molar-refractivity contribution is 7.90. The number of methoxy groups -OCH3 is 1. The summed E-state index contributed by atoms with van der Waals surface area (Å²) in [5.41, 5.74) is 2.09. The molecule has 0 fully saturated rings. The SMILES string of the molecule is COC(=O)c1cc2nc(-c3ccccn3)n(COCC[Si](C)(C)C)c2cc1Oc1ccc(S(C)(=O)=O)cc1. The Bertz CT molecular complexity index is 1550. The van der Waals surface area contributed by atoms with Crippen molar-refractivity contribution in [1.29, 1.82) is 0 Å². The Morgan fingerprint density at radius 1 is 1.05 bits per heavy atom. The molecule has 0 aliphatic heterocycles. The highest BCUT2D eigenvalue weighted by atomic mass is 32.2. The van der Waals surface area contributed by atoms with Gasteiger partial charge in [0.25, 0.3) is 0 Å². The maximum Gasteiger partial charge on any atom is 0.341 e. The van der Waals surface area contributed by atoms with Crippen molar-refractivity contribution in [2.75, 3.05) is 20.0 Å². The van der Waals surface area contributed by atoms with Crippen LogP contribution in [0.1, 0.15) is 10.4 Å². The molecular weight excluding hydrogens is 522 g/mol. The summed E-state index contributed by atoms with van der Waals surface area (Å²) in [5, 5.41) is 0. The van der Waals surface area contributed by atoms with Gasteiger partial charge in [-0.1, -0.05) is 25.7 Å². The molecule has 9 nitrogen and oxygen atoms in total. The summed E-state index contributed by atoms with van der Waals surface area (Å²) in [6, 6.07) is 15.9. The average molecular weight is 554 g/mol. The van der Waals surface area contributed by atoms with Crippen molar-refractivity contribution in [1.82, 2.24) is 14.5 Å². The van der Waals surface area contributed by atoms with Crippen LogP contribution in [-0.2, 0) is 26.0 Å². The largest absolute Gasteiger partial charge is 0.465 e. The van der Waals surface area contributed by atoms with Gasteiger partial charge in [0.1, 0.15) is 29.5 Å². The minimum Gasteiger partial charge on any atom is -0.465 e. The molecular formula is C27H31N3O6SSi. The summed E-state index contributed by atoms with van der Waals surface area (Å²) in [7, 11) is -3.34. The van der Waals surface area contributed by atoms with E-state index in [9.17, 15) is 13.2 Å². The van der Waals surface area contributed by atoms with E-state index in [0.29, 0.717) is 34.9 Å². The van der Waals surface area contributed by atoms with Gasteiger partial charge in [-0.05, 0) is 48.5 Å². The molecule has 2 aromatic heterocycles. The third-order valence-corrected chi connectivity index (χ3v) is 8.68. The molecule has 0 bridgehead atoms. The van der Waals surface area contributed by atoms with Crippen LogP contribution in [0.4, 0.5) is 0 Å². The number of rotatable bonds is 10. The summed E-state index contributed by atoms with van der Waals surface area (Å²) in [5.74, 6) is 0.616. The lowest BCUT2D eigenvalue weighted by atomic mass is 10.1. The van der Waals surface area contributed by atoms with E-state index < -0.39 is 23.9 Å². The van der Waals surface area contributed by atoms with Gasteiger partial charge in [0, 0.05) is 33.2 Å². The van der Waals surface area contributed by atoms with Crippen molar-refractivity contribution in [3.05, 3.63) is 66.4 Å². The number of sulfone groups is 1. The molecule has 0 spiro atoms. The first-order chi connectivity index (χ1) is 18.0. The molecule has 4 rings (SSSR count). The second-order valence-electron chi connectivity index (χ2n) is 10.1. The standard InChI is InChI=1S/C27H31N3O6SSi/c1-34-27(31)21-16-23-24(17-25(21)36-19-9-11-20(12-10-19)37(2,32)33)30(18-35-14-15-38(3,4)5)26(29-23)22-8-6-7-13-28-22/h6-13,16-17H,14-15,18H2,1-5H3. The zero-order valence-electron chi connectivity index (χ0n) is 22.1. The Morgan fingerprint density at radius 2 is 1.79 bits per heavy atom. The van der Waals surface area contributed by atoms with E-state index in [0.717, 1.165) is 12.3 Å². The number of hydrogen-bond donors (Lipinski definition) is 0. The molecule has 0 saturated carbocycles. The van der Waals surface area contributed by atoms with Crippen LogP contribution in [0.3, 0.4) is 0 Å². The summed E-state index contributed by atoms with van der Waals surface area (Å²) in [6.07, 6.45) is 2.83. The fourth-order valence-corrected chi connectivity index (χ4v) is 5.13. The van der Waals surface area contributed by atoms with E-state index in [4.69, 9.17) is 19.2 Å². The fraction of sp³-hybridized carbons (Fsp3) is 0.296. The van der Waals surface area contributed by atoms with Gasteiger partial charge in [-0.2, -0.15) is 0 Å². The lowest BCUT2D eigenvalue weighted by Crippen LogP contribution is -2.22. The van der Waals surface area contributed by atoms with Gasteiger partial charge in [0.2, 0.25) is 0 Å². The predicted molar refractivity (Wildman–Crippen MR) is 148 cm³/mol. The first kappa shape index (κ1) is 27.5. The molecule has 11 heteroatoms. The predicted octanol–water partition coefficient (Wildman–Crippen LogP) is 5.39. The molecule has 4 aromatic rings. The second kappa shape index (κ2) is 11.1. The number of carbonyl (C=O) groups excluding carboxylic acids is 1. The zero-order chi connectivity index (χ0) is 27.5. The summed E-state index contributed by atoms with van der Waals surface area (Å²) < 4.78 is 42.7. The van der Waals surface area contributed by atoms with Crippen molar-refractivity contribution in [3.8, 4) is 23.0 Å². The number of nitrogens with zero attached hydrogens (tertiary/aromatic N) is 3. The highest BCUT2D eigenvalue weighted by Crippen LogP contribution is 2.33. The van der Waals surface area contributed by atoms with Crippen LogP contribution in [0.2, 0.25) is 25.7 Å².